The number of nitrogens with zero attached hydrogens (tertiary/aromatic N) is 2. The van der Waals surface area contributed by atoms with Crippen molar-refractivity contribution in [2.45, 2.75) is 33.2 Å². The number of hydrogen-bond acceptors (Lipinski definition) is 3. The minimum atomic E-state index is -0.466. The first-order valence-electron chi connectivity index (χ1n) is 6.23. The molecule has 18 heavy (non-hydrogen) atoms. The molecule has 1 aromatic rings. The van der Waals surface area contributed by atoms with Gasteiger partial charge in [0.15, 0.2) is 0 Å². The maximum Gasteiger partial charge on any atom is 0.239 e. The normalized spacial score (nSPS) is 13.2. The van der Waals surface area contributed by atoms with Crippen LogP contribution in [0.25, 0.3) is 0 Å². The second-order valence-electron chi connectivity index (χ2n) is 5.67. The van der Waals surface area contributed by atoms with Crippen LogP contribution >= 0.6 is 0 Å². The van der Waals surface area contributed by atoms with Crippen molar-refractivity contribution in [3.8, 4) is 0 Å². The molecule has 0 saturated carbocycles. The molecule has 1 aromatic heterocycles. The van der Waals surface area contributed by atoms with Crippen molar-refractivity contribution >= 4 is 5.91 Å². The maximum absolute atomic E-state index is 12.1. The number of rotatable bonds is 4. The van der Waals surface area contributed by atoms with Crippen molar-refractivity contribution in [1.82, 2.24) is 9.88 Å². The quantitative estimate of drug-likeness (QED) is 0.878. The van der Waals surface area contributed by atoms with Gasteiger partial charge in [-0.3, -0.25) is 9.78 Å². The fourth-order valence-electron chi connectivity index (χ4n) is 1.55. The molecule has 0 bridgehead atoms. The van der Waals surface area contributed by atoms with Crippen LogP contribution < -0.4 is 5.73 Å². The summed E-state index contributed by atoms with van der Waals surface area (Å²) in [6, 6.07) is 5.33. The molecule has 1 atom stereocenters. The summed E-state index contributed by atoms with van der Waals surface area (Å²) in [5, 5.41) is 0. The first kappa shape index (κ1) is 14.6. The third-order valence-electron chi connectivity index (χ3n) is 3.00. The van der Waals surface area contributed by atoms with E-state index in [0.29, 0.717) is 6.54 Å². The molecule has 0 aromatic carbocycles. The van der Waals surface area contributed by atoms with Gasteiger partial charge < -0.3 is 10.6 Å². The molecule has 0 aliphatic rings. The molecular formula is C14H23N3O. The van der Waals surface area contributed by atoms with E-state index in [4.69, 9.17) is 5.73 Å². The Morgan fingerprint density at radius 1 is 1.44 bits per heavy atom. The van der Waals surface area contributed by atoms with Crippen LogP contribution in [0, 0.1) is 5.41 Å². The number of carbonyl (C=O) groups excluding carboxylic acids is 1. The van der Waals surface area contributed by atoms with E-state index in [2.05, 4.69) is 4.98 Å². The fourth-order valence-corrected chi connectivity index (χ4v) is 1.55. The van der Waals surface area contributed by atoms with Gasteiger partial charge in [0.1, 0.15) is 0 Å². The number of pyridine rings is 1. The van der Waals surface area contributed by atoms with Crippen molar-refractivity contribution in [3.63, 3.8) is 0 Å². The summed E-state index contributed by atoms with van der Waals surface area (Å²) in [6.45, 7) is 6.56. The highest BCUT2D eigenvalue weighted by molar-refractivity contribution is 5.82. The Morgan fingerprint density at radius 2 is 2.11 bits per heavy atom. The number of hydrogen-bond donors (Lipinski definition) is 1. The van der Waals surface area contributed by atoms with Gasteiger partial charge in [-0.2, -0.15) is 0 Å². The summed E-state index contributed by atoms with van der Waals surface area (Å²) in [6.07, 6.45) is 2.51. The third-order valence-corrected chi connectivity index (χ3v) is 3.00. The van der Waals surface area contributed by atoms with Gasteiger partial charge in [-0.25, -0.2) is 0 Å². The molecule has 4 heteroatoms. The van der Waals surface area contributed by atoms with E-state index in [-0.39, 0.29) is 11.3 Å². The first-order valence-corrected chi connectivity index (χ1v) is 6.23. The molecule has 1 rings (SSSR count). The summed E-state index contributed by atoms with van der Waals surface area (Å²) in [5.41, 5.74) is 6.73. The zero-order valence-electron chi connectivity index (χ0n) is 11.7. The SMILES string of the molecule is CN(CCc1ccccn1)C(=O)[C@@H](N)C(C)(C)C. The van der Waals surface area contributed by atoms with Crippen LogP contribution in [0.15, 0.2) is 24.4 Å². The molecule has 0 fully saturated rings. The molecule has 4 nitrogen and oxygen atoms in total. The topological polar surface area (TPSA) is 59.2 Å². The van der Waals surface area contributed by atoms with Crippen LogP contribution in [0.4, 0.5) is 0 Å². The van der Waals surface area contributed by atoms with Gasteiger partial charge >= 0.3 is 0 Å². The van der Waals surface area contributed by atoms with Crippen LogP contribution in [0.3, 0.4) is 0 Å². The second-order valence-corrected chi connectivity index (χ2v) is 5.67. The second kappa shape index (κ2) is 5.96. The Labute approximate surface area is 109 Å². The number of amides is 1. The number of aromatic nitrogens is 1. The summed E-state index contributed by atoms with van der Waals surface area (Å²) in [4.78, 5) is 18.0. The van der Waals surface area contributed by atoms with Gasteiger partial charge in [0.25, 0.3) is 0 Å². The zero-order valence-corrected chi connectivity index (χ0v) is 11.7. The van der Waals surface area contributed by atoms with E-state index < -0.39 is 6.04 Å². The molecule has 100 valence electrons. The Bertz CT molecular complexity index is 384. The predicted octanol–water partition coefficient (Wildman–Crippen LogP) is 1.46. The molecule has 0 spiro atoms. The van der Waals surface area contributed by atoms with Crippen LogP contribution in [0.2, 0.25) is 0 Å². The monoisotopic (exact) mass is 249 g/mol. The minimum absolute atomic E-state index is 0.0153. The highest BCUT2D eigenvalue weighted by Crippen LogP contribution is 2.18. The van der Waals surface area contributed by atoms with E-state index in [1.54, 1.807) is 18.1 Å². The molecule has 2 N–H and O–H groups in total. The Kier molecular flexibility index (Phi) is 4.84. The molecule has 0 aliphatic heterocycles. The van der Waals surface area contributed by atoms with Crippen LogP contribution in [-0.4, -0.2) is 35.4 Å². The predicted molar refractivity (Wildman–Crippen MR) is 73.0 cm³/mol. The number of nitrogens with two attached hydrogens (primary N) is 1. The smallest absolute Gasteiger partial charge is 0.239 e. The molecule has 0 unspecified atom stereocenters. The Morgan fingerprint density at radius 3 is 2.61 bits per heavy atom. The van der Waals surface area contributed by atoms with Gasteiger partial charge in [-0.15, -0.1) is 0 Å². The van der Waals surface area contributed by atoms with Gasteiger partial charge in [0, 0.05) is 31.9 Å². The zero-order chi connectivity index (χ0) is 13.8. The molecule has 1 amide bonds. The van der Waals surface area contributed by atoms with Crippen LogP contribution in [0.1, 0.15) is 26.5 Å². The lowest BCUT2D eigenvalue weighted by Gasteiger charge is -2.29. The third kappa shape index (κ3) is 4.11. The maximum atomic E-state index is 12.1. The first-order chi connectivity index (χ1) is 8.32. The summed E-state index contributed by atoms with van der Waals surface area (Å²) in [5.74, 6) is -0.0153. The van der Waals surface area contributed by atoms with Crippen molar-refractivity contribution in [2.75, 3.05) is 13.6 Å². The summed E-state index contributed by atoms with van der Waals surface area (Å²) >= 11 is 0. The average Bonchev–Trinajstić information content (AvgIpc) is 2.34. The summed E-state index contributed by atoms with van der Waals surface area (Å²) < 4.78 is 0. The van der Waals surface area contributed by atoms with Crippen molar-refractivity contribution < 1.29 is 4.79 Å². The van der Waals surface area contributed by atoms with Crippen molar-refractivity contribution in [2.24, 2.45) is 11.1 Å². The van der Waals surface area contributed by atoms with Gasteiger partial charge in [-0.05, 0) is 17.5 Å². The van der Waals surface area contributed by atoms with Crippen LogP contribution in [0.5, 0.6) is 0 Å². The molecule has 0 radical (unpaired) electrons. The van der Waals surface area contributed by atoms with E-state index in [0.717, 1.165) is 12.1 Å². The fraction of sp³-hybridized carbons (Fsp3) is 0.571. The standard InChI is InChI=1S/C14H23N3O/c1-14(2,3)12(15)13(18)17(4)10-8-11-7-5-6-9-16-11/h5-7,9,12H,8,10,15H2,1-4H3/t12-/m1/s1. The highest BCUT2D eigenvalue weighted by atomic mass is 16.2. The molecule has 0 aliphatic carbocycles. The largest absolute Gasteiger partial charge is 0.344 e. The Hall–Kier alpha value is -1.42. The van der Waals surface area contributed by atoms with E-state index >= 15 is 0 Å². The summed E-state index contributed by atoms with van der Waals surface area (Å²) in [7, 11) is 1.79. The van der Waals surface area contributed by atoms with E-state index in [1.165, 1.54) is 0 Å². The van der Waals surface area contributed by atoms with Crippen molar-refractivity contribution in [3.05, 3.63) is 30.1 Å². The molecular weight excluding hydrogens is 226 g/mol. The highest BCUT2D eigenvalue weighted by Gasteiger charge is 2.29. The lowest BCUT2D eigenvalue weighted by atomic mass is 9.86. The van der Waals surface area contributed by atoms with Gasteiger partial charge in [0.05, 0.1) is 6.04 Å². The average molecular weight is 249 g/mol. The Balaban J connectivity index is 2.51. The van der Waals surface area contributed by atoms with Gasteiger partial charge in [0.2, 0.25) is 5.91 Å². The van der Waals surface area contributed by atoms with E-state index in [1.807, 2.05) is 39.0 Å². The minimum Gasteiger partial charge on any atom is -0.344 e. The number of likely N-dealkylation sites (N-methyl/N-ethyl adjacent to an activating group) is 1. The lowest BCUT2D eigenvalue weighted by Crippen LogP contribution is -2.49. The van der Waals surface area contributed by atoms with Gasteiger partial charge in [-0.1, -0.05) is 26.8 Å². The number of carbonyl (C=O) groups is 1. The van der Waals surface area contributed by atoms with E-state index in [9.17, 15) is 4.79 Å². The lowest BCUT2D eigenvalue weighted by molar-refractivity contribution is -0.133. The molecule has 0 saturated heterocycles. The van der Waals surface area contributed by atoms with Crippen molar-refractivity contribution in [1.29, 1.82) is 0 Å². The van der Waals surface area contributed by atoms with Crippen LogP contribution in [-0.2, 0) is 11.2 Å². The molecule has 1 heterocycles.